The van der Waals surface area contributed by atoms with Crippen molar-refractivity contribution < 1.29 is 9.50 Å². The number of nitrogens with one attached hydrogen (secondary N) is 2. The third kappa shape index (κ3) is 3.56. The van der Waals surface area contributed by atoms with E-state index < -0.39 is 5.82 Å². The summed E-state index contributed by atoms with van der Waals surface area (Å²) in [5.74, 6) is -0.392. The average molecular weight is 321 g/mol. The van der Waals surface area contributed by atoms with Gasteiger partial charge in [0.2, 0.25) is 5.95 Å². The van der Waals surface area contributed by atoms with Gasteiger partial charge in [-0.15, -0.1) is 0 Å². The van der Waals surface area contributed by atoms with Crippen LogP contribution in [0.4, 0.5) is 27.5 Å². The molecule has 2 aromatic carbocycles. The Morgan fingerprint density at radius 3 is 2.54 bits per heavy atom. The van der Waals surface area contributed by atoms with E-state index in [1.54, 1.807) is 36.4 Å². The van der Waals surface area contributed by atoms with Gasteiger partial charge in [0.05, 0.1) is 17.8 Å². The van der Waals surface area contributed by atoms with Crippen molar-refractivity contribution in [1.82, 2.24) is 9.97 Å². The zero-order valence-corrected chi connectivity index (χ0v) is 12.4. The predicted molar refractivity (Wildman–Crippen MR) is 87.8 cm³/mol. The summed E-state index contributed by atoms with van der Waals surface area (Å²) in [7, 11) is 0. The molecule has 6 nitrogen and oxygen atoms in total. The number of anilines is 4. The van der Waals surface area contributed by atoms with Crippen LogP contribution in [0.2, 0.25) is 0 Å². The number of hydrogen-bond acceptors (Lipinski definition) is 6. The maximum atomic E-state index is 13.9. The fourth-order valence-electron chi connectivity index (χ4n) is 2.03. The maximum Gasteiger partial charge on any atom is 0.229 e. The minimum atomic E-state index is -0.626. The summed E-state index contributed by atoms with van der Waals surface area (Å²) in [6.07, 6.45) is 1.04. The summed E-state index contributed by atoms with van der Waals surface area (Å²) in [5.41, 5.74) is 1.56. The zero-order chi connectivity index (χ0) is 16.9. The van der Waals surface area contributed by atoms with Crippen LogP contribution in [0.3, 0.4) is 0 Å². The summed E-state index contributed by atoms with van der Waals surface area (Å²) >= 11 is 0. The Morgan fingerprint density at radius 2 is 1.79 bits per heavy atom. The second-order valence-electron chi connectivity index (χ2n) is 4.88. The van der Waals surface area contributed by atoms with Crippen LogP contribution in [0.15, 0.2) is 54.7 Å². The number of aromatic hydroxyl groups is 1. The summed E-state index contributed by atoms with van der Waals surface area (Å²) in [5, 5.41) is 24.1. The summed E-state index contributed by atoms with van der Waals surface area (Å²) in [6, 6.07) is 15.0. The summed E-state index contributed by atoms with van der Waals surface area (Å²) in [4.78, 5) is 7.94. The predicted octanol–water partition coefficient (Wildman–Crippen LogP) is 3.68. The molecule has 0 unspecified atom stereocenters. The SMILES string of the molecule is N#Cc1cccc(Nc2nc(Nc3cccc(O)c3)ncc2F)c1. The lowest BCUT2D eigenvalue weighted by Gasteiger charge is -2.10. The highest BCUT2D eigenvalue weighted by molar-refractivity contribution is 5.61. The Balaban J connectivity index is 1.85. The lowest BCUT2D eigenvalue weighted by Crippen LogP contribution is -2.03. The van der Waals surface area contributed by atoms with E-state index in [1.165, 1.54) is 12.1 Å². The number of rotatable bonds is 4. The van der Waals surface area contributed by atoms with Crippen LogP contribution >= 0.6 is 0 Å². The van der Waals surface area contributed by atoms with Crippen molar-refractivity contribution in [3.05, 3.63) is 66.1 Å². The van der Waals surface area contributed by atoms with Gasteiger partial charge >= 0.3 is 0 Å². The molecule has 1 heterocycles. The second-order valence-corrected chi connectivity index (χ2v) is 4.88. The average Bonchev–Trinajstić information content (AvgIpc) is 2.58. The highest BCUT2D eigenvalue weighted by atomic mass is 19.1. The molecule has 0 fully saturated rings. The van der Waals surface area contributed by atoms with E-state index in [1.807, 2.05) is 6.07 Å². The van der Waals surface area contributed by atoms with Crippen molar-refractivity contribution in [3.63, 3.8) is 0 Å². The minimum absolute atomic E-state index is 0.0252. The van der Waals surface area contributed by atoms with E-state index >= 15 is 0 Å². The molecule has 0 radical (unpaired) electrons. The van der Waals surface area contributed by atoms with Crippen LogP contribution < -0.4 is 10.6 Å². The first-order chi connectivity index (χ1) is 11.6. The van der Waals surface area contributed by atoms with Gasteiger partial charge in [-0.1, -0.05) is 12.1 Å². The first kappa shape index (κ1) is 15.2. The van der Waals surface area contributed by atoms with E-state index in [0.717, 1.165) is 6.20 Å². The van der Waals surface area contributed by atoms with Crippen LogP contribution in [0.1, 0.15) is 5.56 Å². The van der Waals surface area contributed by atoms with Crippen LogP contribution in [0.5, 0.6) is 5.75 Å². The molecule has 0 aliphatic heterocycles. The van der Waals surface area contributed by atoms with Gasteiger partial charge in [0, 0.05) is 17.4 Å². The molecule has 0 saturated heterocycles. The number of aromatic nitrogens is 2. The molecular weight excluding hydrogens is 309 g/mol. The Kier molecular flexibility index (Phi) is 4.21. The Hall–Kier alpha value is -3.66. The van der Waals surface area contributed by atoms with Gasteiger partial charge in [-0.05, 0) is 30.3 Å². The molecule has 3 N–H and O–H groups in total. The molecule has 0 saturated carbocycles. The first-order valence-corrected chi connectivity index (χ1v) is 7.00. The number of hydrogen-bond donors (Lipinski definition) is 3. The van der Waals surface area contributed by atoms with E-state index in [4.69, 9.17) is 5.26 Å². The first-order valence-electron chi connectivity index (χ1n) is 7.00. The third-order valence-corrected chi connectivity index (χ3v) is 3.10. The standard InChI is InChI=1S/C17H12FN5O/c18-15-10-20-17(22-13-5-2-6-14(24)8-13)23-16(15)21-12-4-1-3-11(7-12)9-19/h1-8,10,24H,(H2,20,21,22,23). The molecule has 0 amide bonds. The van der Waals surface area contributed by atoms with Gasteiger partial charge in [-0.25, -0.2) is 9.37 Å². The van der Waals surface area contributed by atoms with Crippen molar-refractivity contribution in [2.75, 3.05) is 10.6 Å². The molecule has 118 valence electrons. The molecule has 0 aliphatic carbocycles. The largest absolute Gasteiger partial charge is 0.508 e. The molecule has 3 rings (SSSR count). The van der Waals surface area contributed by atoms with Gasteiger partial charge in [0.25, 0.3) is 0 Å². The molecule has 0 bridgehead atoms. The Bertz CT molecular complexity index is 923. The summed E-state index contributed by atoms with van der Waals surface area (Å²) < 4.78 is 13.9. The highest BCUT2D eigenvalue weighted by Crippen LogP contribution is 2.22. The van der Waals surface area contributed by atoms with Gasteiger partial charge in [0.15, 0.2) is 11.6 Å². The van der Waals surface area contributed by atoms with E-state index in [2.05, 4.69) is 20.6 Å². The third-order valence-electron chi connectivity index (χ3n) is 3.10. The minimum Gasteiger partial charge on any atom is -0.508 e. The smallest absolute Gasteiger partial charge is 0.229 e. The monoisotopic (exact) mass is 321 g/mol. The Morgan fingerprint density at radius 1 is 1.04 bits per heavy atom. The number of benzene rings is 2. The van der Waals surface area contributed by atoms with E-state index in [-0.39, 0.29) is 17.5 Å². The Labute approximate surface area is 137 Å². The second kappa shape index (κ2) is 6.62. The topological polar surface area (TPSA) is 93.9 Å². The lowest BCUT2D eigenvalue weighted by molar-refractivity contribution is 0.475. The zero-order valence-electron chi connectivity index (χ0n) is 12.4. The molecular formula is C17H12FN5O. The number of phenolic OH excluding ortho intramolecular Hbond substituents is 1. The van der Waals surface area contributed by atoms with Crippen molar-refractivity contribution >= 4 is 23.1 Å². The fourth-order valence-corrected chi connectivity index (χ4v) is 2.03. The van der Waals surface area contributed by atoms with Crippen molar-refractivity contribution in [2.45, 2.75) is 0 Å². The van der Waals surface area contributed by atoms with Crippen molar-refractivity contribution in [3.8, 4) is 11.8 Å². The van der Waals surface area contributed by atoms with Crippen molar-refractivity contribution in [2.24, 2.45) is 0 Å². The van der Waals surface area contributed by atoms with Crippen LogP contribution in [0, 0.1) is 17.1 Å². The molecule has 0 atom stereocenters. The maximum absolute atomic E-state index is 13.9. The highest BCUT2D eigenvalue weighted by Gasteiger charge is 2.08. The normalized spacial score (nSPS) is 10.0. The molecule has 0 spiro atoms. The van der Waals surface area contributed by atoms with Crippen LogP contribution in [-0.4, -0.2) is 15.1 Å². The molecule has 1 aromatic heterocycles. The molecule has 7 heteroatoms. The van der Waals surface area contributed by atoms with Gasteiger partial charge in [-0.3, -0.25) is 0 Å². The quantitative estimate of drug-likeness (QED) is 0.678. The van der Waals surface area contributed by atoms with E-state index in [0.29, 0.717) is 16.9 Å². The lowest BCUT2D eigenvalue weighted by atomic mass is 10.2. The van der Waals surface area contributed by atoms with Crippen LogP contribution in [-0.2, 0) is 0 Å². The van der Waals surface area contributed by atoms with Crippen LogP contribution in [0.25, 0.3) is 0 Å². The van der Waals surface area contributed by atoms with Gasteiger partial charge in [0.1, 0.15) is 5.75 Å². The van der Waals surface area contributed by atoms with Gasteiger partial charge < -0.3 is 15.7 Å². The number of nitrogens with zero attached hydrogens (tertiary/aromatic N) is 3. The number of halogens is 1. The summed E-state index contributed by atoms with van der Waals surface area (Å²) in [6.45, 7) is 0. The van der Waals surface area contributed by atoms with Crippen molar-refractivity contribution in [1.29, 1.82) is 5.26 Å². The fraction of sp³-hybridized carbons (Fsp3) is 0. The molecule has 0 aliphatic rings. The van der Waals surface area contributed by atoms with Gasteiger partial charge in [-0.2, -0.15) is 10.2 Å². The molecule has 3 aromatic rings. The van der Waals surface area contributed by atoms with E-state index in [9.17, 15) is 9.50 Å². The number of phenols is 1. The molecule has 24 heavy (non-hydrogen) atoms. The number of nitriles is 1.